The Bertz CT molecular complexity index is 912. The van der Waals surface area contributed by atoms with Crippen LogP contribution in [0.4, 0.5) is 5.13 Å². The average Bonchev–Trinajstić information content (AvgIpc) is 3.11. The number of nitrogens with one attached hydrogen (secondary N) is 1. The van der Waals surface area contributed by atoms with Gasteiger partial charge >= 0.3 is 0 Å². The maximum Gasteiger partial charge on any atom is 0.257 e. The lowest BCUT2D eigenvalue weighted by molar-refractivity contribution is 0.102. The highest BCUT2D eigenvalue weighted by atomic mass is 35.5. The number of amides is 1. The zero-order valence-corrected chi connectivity index (χ0v) is 17.4. The van der Waals surface area contributed by atoms with Gasteiger partial charge in [0.15, 0.2) is 5.75 Å². The van der Waals surface area contributed by atoms with Gasteiger partial charge in [-0.3, -0.25) is 10.1 Å². The van der Waals surface area contributed by atoms with Crippen LogP contribution in [0.5, 0.6) is 5.75 Å². The number of thioether (sulfide) groups is 1. The van der Waals surface area contributed by atoms with Crippen LogP contribution in [0.15, 0.2) is 47.6 Å². The van der Waals surface area contributed by atoms with Crippen molar-refractivity contribution >= 4 is 57.5 Å². The lowest BCUT2D eigenvalue weighted by atomic mass is 10.2. The van der Waals surface area contributed by atoms with Crippen LogP contribution in [0, 0.1) is 0 Å². The Morgan fingerprint density at radius 1 is 1.22 bits per heavy atom. The maximum atomic E-state index is 12.4. The molecule has 0 aliphatic heterocycles. The number of ether oxygens (including phenoxy) is 1. The van der Waals surface area contributed by atoms with Gasteiger partial charge in [-0.15, -0.1) is 0 Å². The van der Waals surface area contributed by atoms with Crippen LogP contribution < -0.4 is 10.1 Å². The summed E-state index contributed by atoms with van der Waals surface area (Å²) in [5, 5.41) is 4.31. The normalized spacial score (nSPS) is 10.6. The van der Waals surface area contributed by atoms with Crippen molar-refractivity contribution in [2.75, 3.05) is 11.9 Å². The second-order valence-corrected chi connectivity index (χ2v) is 7.82. The number of aromatic nitrogens is 2. The van der Waals surface area contributed by atoms with Crippen LogP contribution in [0.3, 0.4) is 0 Å². The topological polar surface area (TPSA) is 64.1 Å². The van der Waals surface area contributed by atoms with Gasteiger partial charge in [0.25, 0.3) is 5.91 Å². The van der Waals surface area contributed by atoms with Crippen molar-refractivity contribution in [3.05, 3.63) is 63.6 Å². The highest BCUT2D eigenvalue weighted by molar-refractivity contribution is 7.98. The zero-order chi connectivity index (χ0) is 19.2. The molecule has 3 aromatic rings. The van der Waals surface area contributed by atoms with E-state index in [0.29, 0.717) is 28.2 Å². The van der Waals surface area contributed by atoms with Gasteiger partial charge in [-0.2, -0.15) is 9.36 Å². The van der Waals surface area contributed by atoms with Crippen LogP contribution in [0.1, 0.15) is 22.8 Å². The van der Waals surface area contributed by atoms with Gasteiger partial charge in [0.2, 0.25) is 10.3 Å². The van der Waals surface area contributed by atoms with Gasteiger partial charge in [-0.25, -0.2) is 0 Å². The summed E-state index contributed by atoms with van der Waals surface area (Å²) in [6.07, 6.45) is 0. The van der Waals surface area contributed by atoms with E-state index in [9.17, 15) is 4.79 Å². The van der Waals surface area contributed by atoms with Crippen LogP contribution in [-0.2, 0) is 5.75 Å². The SMILES string of the molecule is CCOc1c(Cl)cc(C(=O)Nc2nc(SCc3ccccc3)ns2)cc1Cl. The number of halogens is 2. The molecule has 0 atom stereocenters. The summed E-state index contributed by atoms with van der Waals surface area (Å²) >= 11 is 14.9. The Morgan fingerprint density at radius 3 is 2.59 bits per heavy atom. The summed E-state index contributed by atoms with van der Waals surface area (Å²) < 4.78 is 9.63. The Balaban J connectivity index is 1.64. The monoisotopic (exact) mass is 439 g/mol. The number of carbonyl (C=O) groups is 1. The van der Waals surface area contributed by atoms with E-state index < -0.39 is 0 Å². The first-order chi connectivity index (χ1) is 13.1. The van der Waals surface area contributed by atoms with Crippen molar-refractivity contribution in [3.63, 3.8) is 0 Å². The molecule has 0 radical (unpaired) electrons. The van der Waals surface area contributed by atoms with E-state index in [1.807, 2.05) is 37.3 Å². The molecule has 0 spiro atoms. The molecule has 3 rings (SSSR count). The summed E-state index contributed by atoms with van der Waals surface area (Å²) in [6.45, 7) is 2.26. The predicted molar refractivity (Wildman–Crippen MR) is 111 cm³/mol. The van der Waals surface area contributed by atoms with Gasteiger partial charge in [0.1, 0.15) is 0 Å². The van der Waals surface area contributed by atoms with Crippen LogP contribution in [0.25, 0.3) is 0 Å². The fourth-order valence-corrected chi connectivity index (χ4v) is 4.28. The predicted octanol–water partition coefficient (Wildman–Crippen LogP) is 5.79. The van der Waals surface area contributed by atoms with Crippen molar-refractivity contribution in [3.8, 4) is 5.75 Å². The third kappa shape index (κ3) is 5.35. The average molecular weight is 440 g/mol. The number of anilines is 1. The van der Waals surface area contributed by atoms with Gasteiger partial charge in [0.05, 0.1) is 16.7 Å². The number of rotatable bonds is 7. The summed E-state index contributed by atoms with van der Waals surface area (Å²) in [6, 6.07) is 13.1. The summed E-state index contributed by atoms with van der Waals surface area (Å²) in [4.78, 5) is 16.8. The zero-order valence-electron chi connectivity index (χ0n) is 14.2. The molecule has 0 fully saturated rings. The quantitative estimate of drug-likeness (QED) is 0.472. The standard InChI is InChI=1S/C18H15Cl2N3O2S2/c1-2-25-15-13(19)8-12(9-14(15)20)16(24)21-17-22-18(23-27-17)26-10-11-6-4-3-5-7-11/h3-9H,2,10H2,1H3,(H,21,22,23,24). The molecule has 5 nitrogen and oxygen atoms in total. The van der Waals surface area contributed by atoms with Crippen molar-refractivity contribution < 1.29 is 9.53 Å². The van der Waals surface area contributed by atoms with E-state index in [1.54, 1.807) is 0 Å². The van der Waals surface area contributed by atoms with Crippen molar-refractivity contribution in [1.82, 2.24) is 9.36 Å². The molecular formula is C18H15Cl2N3O2S2. The van der Waals surface area contributed by atoms with E-state index in [2.05, 4.69) is 14.7 Å². The number of carbonyl (C=O) groups excluding carboxylic acids is 1. The van der Waals surface area contributed by atoms with Crippen molar-refractivity contribution in [2.45, 2.75) is 17.8 Å². The number of nitrogens with zero attached hydrogens (tertiary/aromatic N) is 2. The van der Waals surface area contributed by atoms with Gasteiger partial charge in [-0.1, -0.05) is 65.3 Å². The Kier molecular flexibility index (Phi) is 6.95. The molecule has 1 amide bonds. The summed E-state index contributed by atoms with van der Waals surface area (Å²) in [5.41, 5.74) is 1.50. The second kappa shape index (κ2) is 9.41. The first-order valence-corrected chi connectivity index (χ1v) is 10.5. The van der Waals surface area contributed by atoms with E-state index in [1.165, 1.54) is 29.5 Å². The summed E-state index contributed by atoms with van der Waals surface area (Å²) in [5.74, 6) is 0.764. The Morgan fingerprint density at radius 2 is 1.93 bits per heavy atom. The molecule has 0 aliphatic carbocycles. The van der Waals surface area contributed by atoms with Crippen molar-refractivity contribution in [2.24, 2.45) is 0 Å². The van der Waals surface area contributed by atoms with Crippen LogP contribution in [0.2, 0.25) is 10.0 Å². The molecule has 0 aliphatic rings. The number of benzene rings is 2. The molecule has 2 aromatic carbocycles. The Labute approximate surface area is 175 Å². The first kappa shape index (κ1) is 19.9. The van der Waals surface area contributed by atoms with E-state index >= 15 is 0 Å². The number of hydrogen-bond acceptors (Lipinski definition) is 6. The molecule has 9 heteroatoms. The molecule has 27 heavy (non-hydrogen) atoms. The maximum absolute atomic E-state index is 12.4. The minimum absolute atomic E-state index is 0.283. The lowest BCUT2D eigenvalue weighted by Crippen LogP contribution is -2.12. The van der Waals surface area contributed by atoms with Gasteiger partial charge in [0, 0.05) is 22.8 Å². The minimum atomic E-state index is -0.363. The molecule has 0 bridgehead atoms. The molecule has 1 heterocycles. The van der Waals surface area contributed by atoms with E-state index in [4.69, 9.17) is 27.9 Å². The first-order valence-electron chi connectivity index (χ1n) is 8.00. The van der Waals surface area contributed by atoms with Crippen LogP contribution in [-0.4, -0.2) is 21.9 Å². The molecule has 0 saturated heterocycles. The highest BCUT2D eigenvalue weighted by Crippen LogP contribution is 2.34. The summed E-state index contributed by atoms with van der Waals surface area (Å²) in [7, 11) is 0. The fraction of sp³-hybridized carbons (Fsp3) is 0.167. The fourth-order valence-electron chi connectivity index (χ4n) is 2.18. The van der Waals surface area contributed by atoms with Gasteiger partial charge < -0.3 is 4.74 Å². The Hall–Kier alpha value is -1.80. The third-order valence-corrected chi connectivity index (χ3v) is 5.61. The van der Waals surface area contributed by atoms with Crippen LogP contribution >= 0.6 is 46.5 Å². The highest BCUT2D eigenvalue weighted by Gasteiger charge is 2.16. The number of hydrogen-bond donors (Lipinski definition) is 1. The molecular weight excluding hydrogens is 425 g/mol. The van der Waals surface area contributed by atoms with Crippen molar-refractivity contribution in [1.29, 1.82) is 0 Å². The van der Waals surface area contributed by atoms with E-state index in [-0.39, 0.29) is 16.0 Å². The molecule has 1 N–H and O–H groups in total. The largest absolute Gasteiger partial charge is 0.491 e. The molecule has 0 unspecified atom stereocenters. The molecule has 0 saturated carbocycles. The smallest absolute Gasteiger partial charge is 0.257 e. The molecule has 1 aromatic heterocycles. The van der Waals surface area contributed by atoms with E-state index in [0.717, 1.165) is 17.3 Å². The molecule has 140 valence electrons. The van der Waals surface area contributed by atoms with Gasteiger partial charge in [-0.05, 0) is 24.6 Å². The lowest BCUT2D eigenvalue weighted by Gasteiger charge is -2.09. The third-order valence-electron chi connectivity index (χ3n) is 3.39. The minimum Gasteiger partial charge on any atom is -0.491 e. The second-order valence-electron chi connectivity index (χ2n) is 5.31.